The number of rotatable bonds is 4. The maximum absolute atomic E-state index is 9.52. The molecular weight excluding hydrogens is 294 g/mol. The van der Waals surface area contributed by atoms with Crippen LogP contribution in [0.2, 0.25) is 0 Å². The summed E-state index contributed by atoms with van der Waals surface area (Å²) in [6, 6.07) is 10.3. The Morgan fingerprint density at radius 3 is 2.59 bits per heavy atom. The van der Waals surface area contributed by atoms with Crippen LogP contribution < -0.4 is 5.32 Å². The van der Waals surface area contributed by atoms with Gasteiger partial charge in [0.2, 0.25) is 0 Å². The molecule has 0 aliphatic rings. The summed E-state index contributed by atoms with van der Waals surface area (Å²) in [5, 5.41) is 13.9. The van der Waals surface area contributed by atoms with E-state index < -0.39 is 5.54 Å². The lowest BCUT2D eigenvalue weighted by Gasteiger charge is -2.24. The second-order valence-corrected chi connectivity index (χ2v) is 7.17. The largest absolute Gasteiger partial charge is 0.394 e. The Hall–Kier alpha value is -1.98. The van der Waals surface area contributed by atoms with Crippen LogP contribution in [0.1, 0.15) is 18.7 Å². The van der Waals surface area contributed by atoms with E-state index in [1.807, 2.05) is 32.0 Å². The fraction of sp³-hybridized carbons (Fsp3) is 0.294. The Kier molecular flexibility index (Phi) is 3.85. The van der Waals surface area contributed by atoms with E-state index in [2.05, 4.69) is 34.3 Å². The number of nitrogens with one attached hydrogen (secondary N) is 1. The average molecular weight is 313 g/mol. The Labute approximate surface area is 133 Å². The van der Waals surface area contributed by atoms with Crippen molar-refractivity contribution < 1.29 is 5.11 Å². The van der Waals surface area contributed by atoms with Crippen LogP contribution in [-0.4, -0.2) is 27.2 Å². The molecule has 0 spiro atoms. The summed E-state index contributed by atoms with van der Waals surface area (Å²) in [6.45, 7) is 6.03. The average Bonchev–Trinajstić information content (AvgIpc) is 2.85. The molecule has 2 aromatic heterocycles. The third-order valence-corrected chi connectivity index (χ3v) is 4.59. The third-order valence-electron chi connectivity index (χ3n) is 3.58. The van der Waals surface area contributed by atoms with E-state index in [0.29, 0.717) is 0 Å². The third kappa shape index (κ3) is 2.69. The van der Waals surface area contributed by atoms with Crippen LogP contribution in [0.25, 0.3) is 21.3 Å². The van der Waals surface area contributed by atoms with Gasteiger partial charge in [0, 0.05) is 10.4 Å². The standard InChI is InChI=1S/C17H19N3OS/c1-11-13(12-7-5-4-6-8-12)14-15(20-17(2,3)9-21)18-10-19-16(14)22-11/h4-8,10,21H,9H2,1-3H3,(H,18,19,20). The highest BCUT2D eigenvalue weighted by Crippen LogP contribution is 2.40. The summed E-state index contributed by atoms with van der Waals surface area (Å²) in [7, 11) is 0. The first-order valence-electron chi connectivity index (χ1n) is 7.20. The van der Waals surface area contributed by atoms with E-state index in [1.54, 1.807) is 17.7 Å². The molecule has 3 rings (SSSR count). The quantitative estimate of drug-likeness (QED) is 0.768. The predicted octanol–water partition coefficient (Wildman–Crippen LogP) is 3.85. The zero-order chi connectivity index (χ0) is 15.7. The summed E-state index contributed by atoms with van der Waals surface area (Å²) in [5.74, 6) is 0.771. The van der Waals surface area contributed by atoms with Gasteiger partial charge in [-0.3, -0.25) is 0 Å². The number of aliphatic hydroxyl groups excluding tert-OH is 1. The van der Waals surface area contributed by atoms with E-state index >= 15 is 0 Å². The molecular formula is C17H19N3OS. The zero-order valence-corrected chi connectivity index (χ0v) is 13.7. The highest BCUT2D eigenvalue weighted by Gasteiger charge is 2.21. The van der Waals surface area contributed by atoms with E-state index in [0.717, 1.165) is 27.2 Å². The van der Waals surface area contributed by atoms with Crippen molar-refractivity contribution in [1.82, 2.24) is 9.97 Å². The minimum absolute atomic E-state index is 0.0300. The smallest absolute Gasteiger partial charge is 0.139 e. The molecule has 0 atom stereocenters. The molecule has 0 aliphatic heterocycles. The van der Waals surface area contributed by atoms with Crippen LogP contribution in [0.4, 0.5) is 5.82 Å². The summed E-state index contributed by atoms with van der Waals surface area (Å²) in [6.07, 6.45) is 1.57. The van der Waals surface area contributed by atoms with Crippen LogP contribution in [0, 0.1) is 6.92 Å². The molecule has 3 aromatic rings. The first-order chi connectivity index (χ1) is 10.5. The van der Waals surface area contributed by atoms with E-state index in [4.69, 9.17) is 0 Å². The molecule has 22 heavy (non-hydrogen) atoms. The van der Waals surface area contributed by atoms with Gasteiger partial charge in [-0.1, -0.05) is 30.3 Å². The van der Waals surface area contributed by atoms with Crippen LogP contribution >= 0.6 is 11.3 Å². The van der Waals surface area contributed by atoms with Gasteiger partial charge in [-0.15, -0.1) is 11.3 Å². The number of aromatic nitrogens is 2. The molecule has 2 heterocycles. The van der Waals surface area contributed by atoms with Gasteiger partial charge in [-0.05, 0) is 26.3 Å². The molecule has 0 radical (unpaired) electrons. The number of aryl methyl sites for hydroxylation is 1. The molecule has 1 aromatic carbocycles. The molecule has 2 N–H and O–H groups in total. The van der Waals surface area contributed by atoms with Gasteiger partial charge in [-0.25, -0.2) is 9.97 Å². The van der Waals surface area contributed by atoms with Crippen molar-refractivity contribution in [2.24, 2.45) is 0 Å². The molecule has 4 nitrogen and oxygen atoms in total. The van der Waals surface area contributed by atoms with Crippen LogP contribution in [-0.2, 0) is 0 Å². The summed E-state index contributed by atoms with van der Waals surface area (Å²) >= 11 is 1.67. The van der Waals surface area contributed by atoms with Crippen molar-refractivity contribution in [2.75, 3.05) is 11.9 Å². The van der Waals surface area contributed by atoms with Crippen molar-refractivity contribution in [1.29, 1.82) is 0 Å². The topological polar surface area (TPSA) is 58.0 Å². The Bertz CT molecular complexity index is 796. The molecule has 0 amide bonds. The molecule has 0 bridgehead atoms. The van der Waals surface area contributed by atoms with Gasteiger partial charge in [0.15, 0.2) is 0 Å². The summed E-state index contributed by atoms with van der Waals surface area (Å²) < 4.78 is 0. The minimum Gasteiger partial charge on any atom is -0.394 e. The van der Waals surface area contributed by atoms with Crippen LogP contribution in [0.5, 0.6) is 0 Å². The SMILES string of the molecule is Cc1sc2ncnc(NC(C)(C)CO)c2c1-c1ccccc1. The number of aliphatic hydroxyl groups is 1. The van der Waals surface area contributed by atoms with Gasteiger partial charge in [0.1, 0.15) is 17.0 Å². The fourth-order valence-corrected chi connectivity index (χ4v) is 3.46. The van der Waals surface area contributed by atoms with Crippen molar-refractivity contribution in [3.8, 4) is 11.1 Å². The minimum atomic E-state index is -0.439. The number of nitrogens with zero attached hydrogens (tertiary/aromatic N) is 2. The van der Waals surface area contributed by atoms with Gasteiger partial charge >= 0.3 is 0 Å². The summed E-state index contributed by atoms with van der Waals surface area (Å²) in [4.78, 5) is 11.0. The van der Waals surface area contributed by atoms with E-state index in [1.165, 1.54) is 4.88 Å². The first kappa shape index (κ1) is 14.9. The lowest BCUT2D eigenvalue weighted by molar-refractivity contribution is 0.234. The van der Waals surface area contributed by atoms with Gasteiger partial charge in [-0.2, -0.15) is 0 Å². The number of hydrogen-bond acceptors (Lipinski definition) is 5. The van der Waals surface area contributed by atoms with Gasteiger partial charge in [0.05, 0.1) is 17.5 Å². The van der Waals surface area contributed by atoms with E-state index in [-0.39, 0.29) is 6.61 Å². The number of thiophene rings is 1. The number of anilines is 1. The van der Waals surface area contributed by atoms with Crippen molar-refractivity contribution in [3.05, 3.63) is 41.5 Å². The monoisotopic (exact) mass is 313 g/mol. The molecule has 0 unspecified atom stereocenters. The maximum Gasteiger partial charge on any atom is 0.139 e. The highest BCUT2D eigenvalue weighted by atomic mass is 32.1. The highest BCUT2D eigenvalue weighted by molar-refractivity contribution is 7.19. The zero-order valence-electron chi connectivity index (χ0n) is 12.9. The second kappa shape index (κ2) is 5.66. The van der Waals surface area contributed by atoms with E-state index in [9.17, 15) is 5.11 Å². The first-order valence-corrected chi connectivity index (χ1v) is 8.02. The molecule has 114 valence electrons. The Morgan fingerprint density at radius 2 is 1.91 bits per heavy atom. The Morgan fingerprint density at radius 1 is 1.18 bits per heavy atom. The Balaban J connectivity index is 2.23. The summed E-state index contributed by atoms with van der Waals surface area (Å²) in [5.41, 5.74) is 1.88. The molecule has 0 saturated carbocycles. The molecule has 0 aliphatic carbocycles. The maximum atomic E-state index is 9.52. The van der Waals surface area contributed by atoms with Crippen LogP contribution in [0.15, 0.2) is 36.7 Å². The second-order valence-electron chi connectivity index (χ2n) is 5.97. The predicted molar refractivity (Wildman–Crippen MR) is 92.4 cm³/mol. The van der Waals surface area contributed by atoms with Crippen molar-refractivity contribution in [3.63, 3.8) is 0 Å². The lowest BCUT2D eigenvalue weighted by Crippen LogP contribution is -2.35. The van der Waals surface area contributed by atoms with Crippen molar-refractivity contribution in [2.45, 2.75) is 26.3 Å². The molecule has 5 heteroatoms. The normalized spacial score (nSPS) is 11.8. The number of benzene rings is 1. The van der Waals surface area contributed by atoms with Gasteiger partial charge < -0.3 is 10.4 Å². The van der Waals surface area contributed by atoms with Gasteiger partial charge in [0.25, 0.3) is 0 Å². The lowest BCUT2D eigenvalue weighted by atomic mass is 10.0. The number of fused-ring (bicyclic) bond motifs is 1. The molecule has 0 fully saturated rings. The fourth-order valence-electron chi connectivity index (χ4n) is 2.45. The molecule has 0 saturated heterocycles. The van der Waals surface area contributed by atoms with Crippen molar-refractivity contribution >= 4 is 27.4 Å². The number of hydrogen-bond donors (Lipinski definition) is 2. The van der Waals surface area contributed by atoms with Crippen LogP contribution in [0.3, 0.4) is 0 Å².